The number of nitrogens with two attached hydrogens (primary N) is 1. The number of nitrogens with one attached hydrogen (secondary N) is 1. The van der Waals surface area contributed by atoms with Crippen molar-refractivity contribution in [2.24, 2.45) is 0 Å². The topological polar surface area (TPSA) is 84.7 Å². The second-order valence-electron chi connectivity index (χ2n) is 3.36. The summed E-state index contributed by atoms with van der Waals surface area (Å²) in [5.41, 5.74) is 5.40. The highest BCUT2D eigenvalue weighted by Gasteiger charge is 2.06. The number of nitrogens with zero attached hydrogens (tertiary/aromatic N) is 2. The van der Waals surface area contributed by atoms with Crippen molar-refractivity contribution in [3.63, 3.8) is 0 Å². The van der Waals surface area contributed by atoms with E-state index in [0.717, 1.165) is 4.90 Å². The molecule has 8 heteroatoms. The maximum atomic E-state index is 11.9. The molecule has 0 spiro atoms. The Hall–Kier alpha value is -1.05. The van der Waals surface area contributed by atoms with Gasteiger partial charge in [-0.3, -0.25) is 4.21 Å². The second-order valence-corrected chi connectivity index (χ2v) is 6.42. The third-order valence-corrected chi connectivity index (χ3v) is 4.79. The van der Waals surface area contributed by atoms with E-state index in [9.17, 15) is 4.21 Å². The van der Waals surface area contributed by atoms with Crippen molar-refractivity contribution in [1.82, 2.24) is 15.2 Å². The van der Waals surface area contributed by atoms with Crippen molar-refractivity contribution >= 4 is 40.1 Å². The van der Waals surface area contributed by atoms with E-state index < -0.39 is 10.8 Å². The second kappa shape index (κ2) is 6.21. The van der Waals surface area contributed by atoms with E-state index >= 15 is 0 Å². The minimum Gasteiger partial charge on any atom is -0.368 e. The molecule has 1 aromatic carbocycles. The molecule has 0 aliphatic heterocycles. The first-order chi connectivity index (χ1) is 8.65. The molecule has 0 amide bonds. The van der Waals surface area contributed by atoms with Crippen LogP contribution in [0.25, 0.3) is 0 Å². The largest absolute Gasteiger partial charge is 0.368 e. The zero-order valence-electron chi connectivity index (χ0n) is 9.30. The molecule has 0 saturated heterocycles. The van der Waals surface area contributed by atoms with Crippen LogP contribution in [0, 0.1) is 0 Å². The summed E-state index contributed by atoms with van der Waals surface area (Å²) >= 11 is 7.18. The number of H-pyrrole nitrogens is 1. The van der Waals surface area contributed by atoms with Gasteiger partial charge in [-0.1, -0.05) is 23.4 Å². The Morgan fingerprint density at radius 2 is 2.11 bits per heavy atom. The fourth-order valence-electron chi connectivity index (χ4n) is 1.24. The summed E-state index contributed by atoms with van der Waals surface area (Å²) in [7, 11) is -1.04. The van der Waals surface area contributed by atoms with Gasteiger partial charge in [0.15, 0.2) is 0 Å². The maximum Gasteiger partial charge on any atom is 0.216 e. The van der Waals surface area contributed by atoms with Gasteiger partial charge in [0.05, 0.1) is 10.8 Å². The van der Waals surface area contributed by atoms with Gasteiger partial charge in [-0.05, 0) is 24.3 Å². The van der Waals surface area contributed by atoms with Crippen LogP contribution in [0.4, 0.5) is 5.95 Å². The smallest absolute Gasteiger partial charge is 0.216 e. The van der Waals surface area contributed by atoms with Crippen molar-refractivity contribution in [2.75, 3.05) is 17.2 Å². The first kappa shape index (κ1) is 13.4. The molecule has 1 aromatic heterocycles. The molecule has 1 unspecified atom stereocenters. The number of hydrogen-bond acceptors (Lipinski definition) is 5. The third-order valence-electron chi connectivity index (χ3n) is 2.06. The molecule has 2 rings (SSSR count). The molecule has 0 radical (unpaired) electrons. The van der Waals surface area contributed by atoms with Crippen molar-refractivity contribution in [1.29, 1.82) is 0 Å². The van der Waals surface area contributed by atoms with E-state index in [1.165, 1.54) is 11.8 Å². The van der Waals surface area contributed by atoms with Gasteiger partial charge in [-0.15, -0.1) is 5.10 Å². The van der Waals surface area contributed by atoms with Crippen LogP contribution in [0.15, 0.2) is 34.3 Å². The van der Waals surface area contributed by atoms with E-state index in [1.54, 1.807) is 24.3 Å². The quantitative estimate of drug-likeness (QED) is 0.825. The van der Waals surface area contributed by atoms with Crippen molar-refractivity contribution in [3.05, 3.63) is 29.3 Å². The van der Waals surface area contributed by atoms with Crippen LogP contribution in [0.5, 0.6) is 0 Å². The van der Waals surface area contributed by atoms with E-state index in [-0.39, 0.29) is 5.95 Å². The highest BCUT2D eigenvalue weighted by Crippen LogP contribution is 2.16. The summed E-state index contributed by atoms with van der Waals surface area (Å²) in [5.74, 6) is 1.48. The van der Waals surface area contributed by atoms with Crippen LogP contribution in [-0.2, 0) is 10.8 Å². The lowest BCUT2D eigenvalue weighted by molar-refractivity contribution is 0.684. The fourth-order valence-corrected chi connectivity index (χ4v) is 3.43. The van der Waals surface area contributed by atoms with Crippen molar-refractivity contribution in [2.45, 2.75) is 10.1 Å². The standard InChI is InChI=1S/C10H11ClN4OS2/c11-7-1-3-8(4-2-7)18(16)6-5-17-10-13-9(12)14-15-10/h1-4H,5-6H2,(H3,12,13,14,15). The molecule has 1 heterocycles. The monoisotopic (exact) mass is 302 g/mol. The minimum absolute atomic E-state index is 0.288. The van der Waals surface area contributed by atoms with Gasteiger partial charge in [0.1, 0.15) is 0 Å². The highest BCUT2D eigenvalue weighted by atomic mass is 35.5. The van der Waals surface area contributed by atoms with Gasteiger partial charge in [0.25, 0.3) is 0 Å². The molecule has 0 fully saturated rings. The van der Waals surface area contributed by atoms with Crippen molar-refractivity contribution in [3.8, 4) is 0 Å². The highest BCUT2D eigenvalue weighted by molar-refractivity contribution is 8.00. The Morgan fingerprint density at radius 3 is 2.72 bits per heavy atom. The summed E-state index contributed by atoms with van der Waals surface area (Å²) < 4.78 is 11.9. The van der Waals surface area contributed by atoms with Crippen LogP contribution >= 0.6 is 23.4 Å². The van der Waals surface area contributed by atoms with Crippen LogP contribution in [0.2, 0.25) is 5.02 Å². The van der Waals surface area contributed by atoms with Gasteiger partial charge in [-0.25, -0.2) is 5.10 Å². The number of benzene rings is 1. The number of aromatic nitrogens is 3. The van der Waals surface area contributed by atoms with Crippen molar-refractivity contribution < 1.29 is 4.21 Å². The van der Waals surface area contributed by atoms with Crippen LogP contribution in [-0.4, -0.2) is 30.9 Å². The summed E-state index contributed by atoms with van der Waals surface area (Å²) in [6.07, 6.45) is 0. The summed E-state index contributed by atoms with van der Waals surface area (Å²) in [6, 6.07) is 7.01. The average molecular weight is 303 g/mol. The average Bonchev–Trinajstić information content (AvgIpc) is 2.76. The predicted molar refractivity (Wildman–Crippen MR) is 74.2 cm³/mol. The molecule has 0 bridgehead atoms. The Kier molecular flexibility index (Phi) is 4.62. The Balaban J connectivity index is 1.83. The number of anilines is 1. The van der Waals surface area contributed by atoms with Gasteiger partial charge in [-0.2, -0.15) is 4.98 Å². The molecule has 0 aliphatic rings. The van der Waals surface area contributed by atoms with Gasteiger partial charge in [0, 0.05) is 21.4 Å². The molecule has 0 aliphatic carbocycles. The number of hydrogen-bond donors (Lipinski definition) is 2. The van der Waals surface area contributed by atoms with Crippen LogP contribution in [0.3, 0.4) is 0 Å². The van der Waals surface area contributed by atoms with Crippen LogP contribution < -0.4 is 5.73 Å². The lowest BCUT2D eigenvalue weighted by Gasteiger charge is -2.01. The maximum absolute atomic E-state index is 11.9. The summed E-state index contributed by atoms with van der Waals surface area (Å²) in [6.45, 7) is 0. The molecule has 96 valence electrons. The van der Waals surface area contributed by atoms with E-state index in [2.05, 4.69) is 15.2 Å². The molecular formula is C10H11ClN4OS2. The Bertz CT molecular complexity index is 543. The Morgan fingerprint density at radius 1 is 1.39 bits per heavy atom. The van der Waals surface area contributed by atoms with Gasteiger partial charge >= 0.3 is 0 Å². The zero-order chi connectivity index (χ0) is 13.0. The van der Waals surface area contributed by atoms with E-state index in [1.807, 2.05) is 0 Å². The minimum atomic E-state index is -1.04. The number of rotatable bonds is 5. The fraction of sp³-hybridized carbons (Fsp3) is 0.200. The molecule has 2 aromatic rings. The predicted octanol–water partition coefficient (Wildman–Crippen LogP) is 1.94. The molecule has 3 N–H and O–H groups in total. The Labute approximate surface area is 116 Å². The van der Waals surface area contributed by atoms with Gasteiger partial charge < -0.3 is 5.73 Å². The summed E-state index contributed by atoms with van der Waals surface area (Å²) in [4.78, 5) is 4.72. The molecule has 0 saturated carbocycles. The molecule has 1 atom stereocenters. The number of halogens is 1. The SMILES string of the molecule is Nc1nc(SCCS(=O)c2ccc(Cl)cc2)n[nH]1. The number of nitrogen functional groups attached to an aromatic ring is 1. The normalized spacial score (nSPS) is 12.5. The molecule has 18 heavy (non-hydrogen) atoms. The van der Waals surface area contributed by atoms with Gasteiger partial charge in [0.2, 0.25) is 11.1 Å². The number of aromatic amines is 1. The van der Waals surface area contributed by atoms with E-state index in [0.29, 0.717) is 21.7 Å². The zero-order valence-corrected chi connectivity index (χ0v) is 11.7. The number of thioether (sulfide) groups is 1. The third kappa shape index (κ3) is 3.72. The lowest BCUT2D eigenvalue weighted by Crippen LogP contribution is -2.00. The van der Waals surface area contributed by atoms with E-state index in [4.69, 9.17) is 17.3 Å². The first-order valence-corrected chi connectivity index (χ1v) is 7.78. The lowest BCUT2D eigenvalue weighted by atomic mass is 10.4. The summed E-state index contributed by atoms with van der Waals surface area (Å²) in [5, 5.41) is 7.64. The molecule has 5 nitrogen and oxygen atoms in total. The molecular weight excluding hydrogens is 292 g/mol. The van der Waals surface area contributed by atoms with Crippen LogP contribution in [0.1, 0.15) is 0 Å². The first-order valence-electron chi connectivity index (χ1n) is 5.10.